The third kappa shape index (κ3) is 7.97. The number of Topliss-reactive ketones (excluding diaryl/α,β-unsaturated/α-hetero) is 1. The van der Waals surface area contributed by atoms with Gasteiger partial charge >= 0.3 is 6.09 Å². The van der Waals surface area contributed by atoms with Crippen molar-refractivity contribution in [2.75, 3.05) is 20.2 Å². The van der Waals surface area contributed by atoms with Gasteiger partial charge in [0.1, 0.15) is 17.1 Å². The molecule has 0 aromatic heterocycles. The molecule has 0 radical (unpaired) electrons. The molecule has 6 heteroatoms. The number of carbonyl (C=O) groups excluding carboxylic acids is 2. The number of benzene rings is 2. The fourth-order valence-corrected chi connectivity index (χ4v) is 3.58. The Labute approximate surface area is 200 Å². The number of ketones is 1. The molecule has 2 aromatic rings. The maximum Gasteiger partial charge on any atom is 0.410 e. The van der Waals surface area contributed by atoms with E-state index in [1.165, 1.54) is 5.56 Å². The maximum atomic E-state index is 12.3. The van der Waals surface area contributed by atoms with Gasteiger partial charge in [0.05, 0.1) is 13.0 Å². The number of hydrogen-bond donors (Lipinski definition) is 0. The van der Waals surface area contributed by atoms with Gasteiger partial charge < -0.3 is 14.4 Å². The van der Waals surface area contributed by atoms with Gasteiger partial charge in [0.15, 0.2) is 0 Å². The Balaban J connectivity index is 0.000000303. The largest absolute Gasteiger partial charge is 0.497 e. The van der Waals surface area contributed by atoms with Gasteiger partial charge in [0, 0.05) is 24.0 Å². The molecule has 1 aliphatic rings. The number of aryl methyl sites for hydroxylation is 2. The summed E-state index contributed by atoms with van der Waals surface area (Å²) in [6, 6.07) is 14.1. The summed E-state index contributed by atoms with van der Waals surface area (Å²) in [6.07, 6.45) is 1.15. The van der Waals surface area contributed by atoms with Crippen LogP contribution in [0, 0.1) is 12.8 Å². The number of carbonyl (C=O) groups is 2. The van der Waals surface area contributed by atoms with Crippen LogP contribution in [0.15, 0.2) is 46.9 Å². The number of rotatable bonds is 5. The monoisotopic (exact) mass is 503 g/mol. The molecule has 1 fully saturated rings. The first-order chi connectivity index (χ1) is 15.0. The van der Waals surface area contributed by atoms with E-state index in [9.17, 15) is 9.59 Å². The van der Waals surface area contributed by atoms with Crippen LogP contribution >= 0.6 is 15.9 Å². The second kappa shape index (κ2) is 11.5. The molecule has 0 atom stereocenters. The molecule has 0 unspecified atom stereocenters. The lowest BCUT2D eigenvalue weighted by Gasteiger charge is -2.39. The molecule has 0 saturated carbocycles. The van der Waals surface area contributed by atoms with Crippen molar-refractivity contribution in [2.24, 2.45) is 5.92 Å². The highest BCUT2D eigenvalue weighted by Crippen LogP contribution is 2.24. The van der Waals surface area contributed by atoms with Crippen molar-refractivity contribution < 1.29 is 19.1 Å². The minimum absolute atomic E-state index is 0.0834. The predicted octanol–water partition coefficient (Wildman–Crippen LogP) is 5.99. The molecule has 1 amide bonds. The fraction of sp³-hybridized carbons (Fsp3) is 0.462. The standard InChI is InChI=1S/C17H22BrNO3.C9H12O/c1-11-5-6-14(18)12(7-11)8-15(20)13-9-19(10-13)16(21)22-17(2,3)4;1-3-8-4-6-9(10-2)7-5-8/h5-7,13H,8-10H2,1-4H3;4-7H,3H2,1-2H3. The van der Waals surface area contributed by atoms with Crippen LogP contribution in [0.25, 0.3) is 0 Å². The van der Waals surface area contributed by atoms with Crippen LogP contribution in [-0.2, 0) is 22.4 Å². The summed E-state index contributed by atoms with van der Waals surface area (Å²) in [5.74, 6) is 1.02. The minimum Gasteiger partial charge on any atom is -0.497 e. The Bertz CT molecular complexity index is 889. The predicted molar refractivity (Wildman–Crippen MR) is 131 cm³/mol. The topological polar surface area (TPSA) is 55.8 Å². The molecular formula is C26H34BrNO4. The van der Waals surface area contributed by atoms with Gasteiger partial charge in [-0.2, -0.15) is 0 Å². The minimum atomic E-state index is -0.501. The number of halogens is 1. The molecule has 0 N–H and O–H groups in total. The lowest BCUT2D eigenvalue weighted by molar-refractivity contribution is -0.126. The third-order valence-corrected chi connectivity index (χ3v) is 5.90. The molecule has 2 aromatic carbocycles. The van der Waals surface area contributed by atoms with Crippen molar-refractivity contribution in [1.82, 2.24) is 4.90 Å². The second-order valence-corrected chi connectivity index (χ2v) is 9.88. The Morgan fingerprint density at radius 2 is 1.72 bits per heavy atom. The van der Waals surface area contributed by atoms with Crippen LogP contribution in [0.5, 0.6) is 5.75 Å². The zero-order valence-corrected chi connectivity index (χ0v) is 21.5. The first kappa shape index (κ1) is 25.9. The molecule has 0 bridgehead atoms. The zero-order chi connectivity index (χ0) is 23.9. The van der Waals surface area contributed by atoms with E-state index >= 15 is 0 Å². The summed E-state index contributed by atoms with van der Waals surface area (Å²) < 4.78 is 11.3. The average molecular weight is 504 g/mol. The average Bonchev–Trinajstić information content (AvgIpc) is 2.69. The van der Waals surface area contributed by atoms with Crippen molar-refractivity contribution in [3.05, 3.63) is 63.6 Å². The molecule has 5 nitrogen and oxygen atoms in total. The summed E-state index contributed by atoms with van der Waals surface area (Å²) in [4.78, 5) is 25.7. The van der Waals surface area contributed by atoms with Gasteiger partial charge in [-0.1, -0.05) is 52.7 Å². The van der Waals surface area contributed by atoms with Gasteiger partial charge in [-0.05, 0) is 63.4 Å². The summed E-state index contributed by atoms with van der Waals surface area (Å²) in [5, 5.41) is 0. The van der Waals surface area contributed by atoms with Crippen LogP contribution in [0.4, 0.5) is 4.79 Å². The number of likely N-dealkylation sites (tertiary alicyclic amines) is 1. The fourth-order valence-electron chi connectivity index (χ4n) is 3.19. The normalized spacial score (nSPS) is 13.5. The molecule has 1 saturated heterocycles. The summed E-state index contributed by atoms with van der Waals surface area (Å²) in [6.45, 7) is 10.6. The van der Waals surface area contributed by atoms with E-state index in [1.54, 1.807) is 12.0 Å². The summed E-state index contributed by atoms with van der Waals surface area (Å²) in [7, 11) is 1.68. The number of amides is 1. The molecular weight excluding hydrogens is 470 g/mol. The highest BCUT2D eigenvalue weighted by molar-refractivity contribution is 9.10. The summed E-state index contributed by atoms with van der Waals surface area (Å²) >= 11 is 3.48. The van der Waals surface area contributed by atoms with E-state index in [2.05, 4.69) is 35.0 Å². The molecule has 1 heterocycles. The summed E-state index contributed by atoms with van der Waals surface area (Å²) in [5.41, 5.74) is 2.98. The van der Waals surface area contributed by atoms with Crippen molar-refractivity contribution in [2.45, 2.75) is 53.1 Å². The first-order valence-electron chi connectivity index (χ1n) is 10.9. The smallest absolute Gasteiger partial charge is 0.410 e. The van der Waals surface area contributed by atoms with Crippen LogP contribution < -0.4 is 4.74 Å². The Kier molecular flexibility index (Phi) is 9.32. The van der Waals surface area contributed by atoms with E-state index in [0.717, 1.165) is 27.8 Å². The molecule has 0 spiro atoms. The van der Waals surface area contributed by atoms with Crippen LogP contribution in [0.3, 0.4) is 0 Å². The Hall–Kier alpha value is -2.34. The van der Waals surface area contributed by atoms with E-state index in [4.69, 9.17) is 9.47 Å². The molecule has 32 heavy (non-hydrogen) atoms. The number of ether oxygens (including phenoxy) is 2. The van der Waals surface area contributed by atoms with Crippen molar-refractivity contribution in [1.29, 1.82) is 0 Å². The van der Waals surface area contributed by atoms with Crippen LogP contribution in [0.2, 0.25) is 0 Å². The lowest BCUT2D eigenvalue weighted by Crippen LogP contribution is -2.54. The number of nitrogens with zero attached hydrogens (tertiary/aromatic N) is 1. The molecule has 3 rings (SSSR count). The van der Waals surface area contributed by atoms with Crippen molar-refractivity contribution in [3.63, 3.8) is 0 Å². The zero-order valence-electron chi connectivity index (χ0n) is 19.9. The first-order valence-corrected chi connectivity index (χ1v) is 11.7. The number of methoxy groups -OCH3 is 1. The Morgan fingerprint density at radius 1 is 1.09 bits per heavy atom. The van der Waals surface area contributed by atoms with Crippen LogP contribution in [-0.4, -0.2) is 42.6 Å². The molecule has 1 aliphatic heterocycles. The van der Waals surface area contributed by atoms with Gasteiger partial charge in [-0.25, -0.2) is 4.79 Å². The van der Waals surface area contributed by atoms with Gasteiger partial charge in [-0.3, -0.25) is 4.79 Å². The third-order valence-electron chi connectivity index (χ3n) is 5.12. The van der Waals surface area contributed by atoms with Gasteiger partial charge in [0.25, 0.3) is 0 Å². The van der Waals surface area contributed by atoms with Gasteiger partial charge in [-0.15, -0.1) is 0 Å². The highest BCUT2D eigenvalue weighted by atomic mass is 79.9. The molecule has 174 valence electrons. The highest BCUT2D eigenvalue weighted by Gasteiger charge is 2.37. The van der Waals surface area contributed by atoms with E-state index in [-0.39, 0.29) is 17.8 Å². The van der Waals surface area contributed by atoms with Crippen LogP contribution in [0.1, 0.15) is 44.4 Å². The van der Waals surface area contributed by atoms with Crippen molar-refractivity contribution in [3.8, 4) is 5.75 Å². The second-order valence-electron chi connectivity index (χ2n) is 9.02. The van der Waals surface area contributed by atoms with Gasteiger partial charge in [0.2, 0.25) is 0 Å². The quantitative estimate of drug-likeness (QED) is 0.502. The van der Waals surface area contributed by atoms with E-state index < -0.39 is 5.60 Å². The molecule has 0 aliphatic carbocycles. The lowest BCUT2D eigenvalue weighted by atomic mass is 9.91. The van der Waals surface area contributed by atoms with E-state index in [0.29, 0.717) is 19.5 Å². The SMILES string of the molecule is CCc1ccc(OC)cc1.Cc1ccc(Br)c(CC(=O)C2CN(C(=O)OC(C)(C)C)C2)c1. The maximum absolute atomic E-state index is 12.3. The number of hydrogen-bond acceptors (Lipinski definition) is 4. The van der Waals surface area contributed by atoms with Crippen molar-refractivity contribution >= 4 is 27.8 Å². The Morgan fingerprint density at radius 3 is 2.25 bits per heavy atom. The van der Waals surface area contributed by atoms with E-state index in [1.807, 2.05) is 58.0 Å².